The van der Waals surface area contributed by atoms with Crippen LogP contribution in [0.15, 0.2) is 103 Å². The second-order valence-corrected chi connectivity index (χ2v) is 10.1. The molecule has 0 saturated carbocycles. The van der Waals surface area contributed by atoms with Gasteiger partial charge in [0.15, 0.2) is 0 Å². The highest BCUT2D eigenvalue weighted by molar-refractivity contribution is 6.06. The molecule has 2 N–H and O–H groups in total. The van der Waals surface area contributed by atoms with Crippen molar-refractivity contribution in [2.75, 3.05) is 5.73 Å². The predicted octanol–water partition coefficient (Wildman–Crippen LogP) is 9.99. The van der Waals surface area contributed by atoms with Gasteiger partial charge in [-0.05, 0) is 67.4 Å². The maximum atomic E-state index is 6.37. The van der Waals surface area contributed by atoms with Crippen molar-refractivity contribution in [3.05, 3.63) is 125 Å². The molecule has 1 nitrogen and oxygen atoms in total. The molecule has 0 aliphatic heterocycles. The van der Waals surface area contributed by atoms with E-state index < -0.39 is 0 Å². The summed E-state index contributed by atoms with van der Waals surface area (Å²) >= 11 is 0. The van der Waals surface area contributed by atoms with E-state index in [0.29, 0.717) is 0 Å². The quantitative estimate of drug-likeness (QED) is 0.231. The van der Waals surface area contributed by atoms with Crippen LogP contribution in [0.2, 0.25) is 0 Å². The third kappa shape index (κ3) is 3.76. The molecular weight excluding hydrogens is 446 g/mol. The lowest BCUT2D eigenvalue weighted by molar-refractivity contribution is 0.795. The van der Waals surface area contributed by atoms with Crippen LogP contribution in [0.3, 0.4) is 0 Å². The highest BCUT2D eigenvalue weighted by Gasteiger charge is 2.51. The average molecular weight is 484 g/mol. The standard InChI is InChI=1S/C29H19N.C4H10.C3H8/c30-19-14-15-23-27(17-19)29(26-16-13-18-7-1-2-8-20(18)28(23)26)24-11-5-3-9-21(24)22-10-4-6-12-25(22)29;1-3-4-2;1-3-2/h1-17H,30H2;3-4H2,1-2H3;3H2,1-2H3. The van der Waals surface area contributed by atoms with Gasteiger partial charge in [0.2, 0.25) is 0 Å². The first-order valence-electron chi connectivity index (χ1n) is 13.7. The van der Waals surface area contributed by atoms with Crippen molar-refractivity contribution >= 4 is 16.5 Å². The first-order chi connectivity index (χ1) is 18.1. The smallest absolute Gasteiger partial charge is 0.0726 e. The molecule has 5 aromatic rings. The summed E-state index contributed by atoms with van der Waals surface area (Å²) < 4.78 is 0. The molecule has 5 aromatic carbocycles. The Morgan fingerprint density at radius 1 is 0.541 bits per heavy atom. The largest absolute Gasteiger partial charge is 0.399 e. The summed E-state index contributed by atoms with van der Waals surface area (Å²) in [6.45, 7) is 8.61. The second kappa shape index (κ2) is 10.3. The summed E-state index contributed by atoms with van der Waals surface area (Å²) in [7, 11) is 0. The number of nitrogens with two attached hydrogens (primary N) is 1. The molecule has 0 radical (unpaired) electrons. The Labute approximate surface area is 222 Å². The van der Waals surface area contributed by atoms with Crippen LogP contribution in [0.25, 0.3) is 33.0 Å². The van der Waals surface area contributed by atoms with Gasteiger partial charge in [0.1, 0.15) is 0 Å². The lowest BCUT2D eigenvalue weighted by atomic mass is 9.70. The van der Waals surface area contributed by atoms with Gasteiger partial charge in [-0.2, -0.15) is 0 Å². The second-order valence-electron chi connectivity index (χ2n) is 10.1. The molecule has 186 valence electrons. The van der Waals surface area contributed by atoms with Crippen molar-refractivity contribution in [1.29, 1.82) is 0 Å². The molecule has 2 aliphatic carbocycles. The van der Waals surface area contributed by atoms with Crippen LogP contribution < -0.4 is 5.73 Å². The molecule has 0 aromatic heterocycles. The Balaban J connectivity index is 0.000000362. The Bertz CT molecular complexity index is 1510. The molecule has 1 heteroatoms. The van der Waals surface area contributed by atoms with Gasteiger partial charge in [-0.15, -0.1) is 0 Å². The maximum absolute atomic E-state index is 6.37. The van der Waals surface area contributed by atoms with Crippen LogP contribution in [0, 0.1) is 0 Å². The van der Waals surface area contributed by atoms with Crippen LogP contribution in [-0.2, 0) is 5.41 Å². The lowest BCUT2D eigenvalue weighted by Gasteiger charge is -2.30. The van der Waals surface area contributed by atoms with Crippen LogP contribution in [0.5, 0.6) is 0 Å². The van der Waals surface area contributed by atoms with E-state index in [2.05, 4.69) is 125 Å². The van der Waals surface area contributed by atoms with E-state index in [9.17, 15) is 0 Å². The van der Waals surface area contributed by atoms with E-state index in [1.54, 1.807) is 0 Å². The van der Waals surface area contributed by atoms with Crippen LogP contribution >= 0.6 is 0 Å². The van der Waals surface area contributed by atoms with E-state index in [1.807, 2.05) is 6.07 Å². The van der Waals surface area contributed by atoms with Crippen LogP contribution in [-0.4, -0.2) is 0 Å². The fraction of sp³-hybridized carbons (Fsp3) is 0.222. The molecule has 0 bridgehead atoms. The molecule has 2 aliphatic rings. The number of hydrogen-bond donors (Lipinski definition) is 1. The van der Waals surface area contributed by atoms with Crippen LogP contribution in [0.1, 0.15) is 69.2 Å². The van der Waals surface area contributed by atoms with Crippen molar-refractivity contribution < 1.29 is 0 Å². The minimum atomic E-state index is -0.322. The van der Waals surface area contributed by atoms with E-state index in [0.717, 1.165) is 5.69 Å². The molecule has 37 heavy (non-hydrogen) atoms. The lowest BCUT2D eigenvalue weighted by Crippen LogP contribution is -2.25. The Morgan fingerprint density at radius 2 is 1.11 bits per heavy atom. The Morgan fingerprint density at radius 3 is 1.73 bits per heavy atom. The third-order valence-electron chi connectivity index (χ3n) is 7.50. The molecule has 1 spiro atoms. The first kappa shape index (κ1) is 24.8. The number of hydrogen-bond acceptors (Lipinski definition) is 1. The van der Waals surface area contributed by atoms with Gasteiger partial charge in [-0.3, -0.25) is 0 Å². The average Bonchev–Trinajstić information content (AvgIpc) is 3.41. The maximum Gasteiger partial charge on any atom is 0.0726 e. The van der Waals surface area contributed by atoms with Gasteiger partial charge >= 0.3 is 0 Å². The summed E-state index contributed by atoms with van der Waals surface area (Å²) in [5.41, 5.74) is 17.5. The first-order valence-corrected chi connectivity index (χ1v) is 13.7. The molecule has 0 heterocycles. The van der Waals surface area contributed by atoms with Gasteiger partial charge in [0.25, 0.3) is 0 Å². The minimum absolute atomic E-state index is 0.322. The molecule has 0 atom stereocenters. The van der Waals surface area contributed by atoms with Gasteiger partial charge in [-0.1, -0.05) is 138 Å². The molecule has 0 fully saturated rings. The van der Waals surface area contributed by atoms with E-state index in [-0.39, 0.29) is 5.41 Å². The fourth-order valence-corrected chi connectivity index (χ4v) is 5.92. The third-order valence-corrected chi connectivity index (χ3v) is 7.50. The predicted molar refractivity (Wildman–Crippen MR) is 161 cm³/mol. The van der Waals surface area contributed by atoms with E-state index in [4.69, 9.17) is 5.73 Å². The monoisotopic (exact) mass is 483 g/mol. The zero-order valence-electron chi connectivity index (χ0n) is 22.5. The van der Waals surface area contributed by atoms with Crippen molar-refractivity contribution in [1.82, 2.24) is 0 Å². The summed E-state index contributed by atoms with van der Waals surface area (Å²) in [5.74, 6) is 0. The highest BCUT2D eigenvalue weighted by atomic mass is 14.6. The summed E-state index contributed by atoms with van der Waals surface area (Å²) in [6, 6.07) is 37.5. The zero-order chi connectivity index (χ0) is 26.0. The normalized spacial score (nSPS) is 13.0. The number of nitrogen functional groups attached to an aromatic ring is 1. The summed E-state index contributed by atoms with van der Waals surface area (Å²) in [6.07, 6.45) is 3.89. The molecule has 0 saturated heterocycles. The molecule has 0 amide bonds. The number of benzene rings is 5. The fourth-order valence-electron chi connectivity index (χ4n) is 5.92. The minimum Gasteiger partial charge on any atom is -0.399 e. The van der Waals surface area contributed by atoms with E-state index >= 15 is 0 Å². The van der Waals surface area contributed by atoms with Crippen molar-refractivity contribution in [3.8, 4) is 22.3 Å². The number of rotatable bonds is 1. The highest BCUT2D eigenvalue weighted by Crippen LogP contribution is 2.63. The van der Waals surface area contributed by atoms with Crippen molar-refractivity contribution in [2.45, 2.75) is 52.4 Å². The van der Waals surface area contributed by atoms with Crippen LogP contribution in [0.4, 0.5) is 5.69 Å². The number of fused-ring (bicyclic) bond motifs is 12. The van der Waals surface area contributed by atoms with Gasteiger partial charge in [0, 0.05) is 5.69 Å². The molecule has 0 unspecified atom stereocenters. The Kier molecular flexibility index (Phi) is 6.89. The zero-order valence-corrected chi connectivity index (χ0v) is 22.5. The van der Waals surface area contributed by atoms with Gasteiger partial charge in [0.05, 0.1) is 5.41 Å². The number of anilines is 1. The topological polar surface area (TPSA) is 26.0 Å². The van der Waals surface area contributed by atoms with Gasteiger partial charge < -0.3 is 5.73 Å². The van der Waals surface area contributed by atoms with Crippen molar-refractivity contribution in [3.63, 3.8) is 0 Å². The summed E-state index contributed by atoms with van der Waals surface area (Å²) in [4.78, 5) is 0. The number of unbranched alkanes of at least 4 members (excludes halogenated alkanes) is 1. The van der Waals surface area contributed by atoms with Gasteiger partial charge in [-0.25, -0.2) is 0 Å². The SMILES string of the molecule is CCC.CCCC.Nc1ccc2c(c1)C1(c3ccccc3-c3ccccc31)c1ccc3ccccc3c1-2. The Hall–Kier alpha value is -3.84. The summed E-state index contributed by atoms with van der Waals surface area (Å²) in [5, 5.41) is 2.58. The molecular formula is C36H37N. The molecule has 7 rings (SSSR count). The van der Waals surface area contributed by atoms with E-state index in [1.165, 1.54) is 74.5 Å². The van der Waals surface area contributed by atoms with Crippen molar-refractivity contribution in [2.24, 2.45) is 0 Å².